The van der Waals surface area contributed by atoms with Gasteiger partial charge in [-0.05, 0) is 60.2 Å². The molecule has 0 unspecified atom stereocenters. The van der Waals surface area contributed by atoms with E-state index in [1.165, 1.54) is 59.2 Å². The Morgan fingerprint density at radius 1 is 1.03 bits per heavy atom. The zero-order chi connectivity index (χ0) is 25.8. The molecule has 1 fully saturated rings. The van der Waals surface area contributed by atoms with E-state index in [4.69, 9.17) is 12.2 Å². The molecule has 0 atom stereocenters. The first-order valence-electron chi connectivity index (χ1n) is 11.4. The maximum Gasteiger partial charge on any atom is 0.573 e. The Kier molecular flexibility index (Phi) is 6.87. The van der Waals surface area contributed by atoms with E-state index in [1.54, 1.807) is 11.3 Å². The SMILES string of the molecule is FC(F)(F)Oc1ccc(-n2cnc(-c3ccc(/C=N/N(NC=S)c4ccccc4C4CC4)cc3)n2)cc1. The molecule has 0 amide bonds. The maximum absolute atomic E-state index is 12.4. The molecule has 0 saturated heterocycles. The fourth-order valence-corrected chi connectivity index (χ4v) is 3.90. The summed E-state index contributed by atoms with van der Waals surface area (Å²) in [5, 5.41) is 10.7. The predicted octanol–water partition coefficient (Wildman–Crippen LogP) is 6.01. The van der Waals surface area contributed by atoms with Gasteiger partial charge in [0.2, 0.25) is 0 Å². The molecular formula is C26H21F3N6OS. The van der Waals surface area contributed by atoms with Crippen LogP contribution in [0.4, 0.5) is 18.9 Å². The van der Waals surface area contributed by atoms with Crippen molar-refractivity contribution in [2.75, 3.05) is 5.12 Å². The first-order valence-corrected chi connectivity index (χ1v) is 11.9. The van der Waals surface area contributed by atoms with Gasteiger partial charge in [0.1, 0.15) is 12.1 Å². The number of benzene rings is 3. The Hall–Kier alpha value is -4.25. The van der Waals surface area contributed by atoms with Crippen LogP contribution in [0.1, 0.15) is 29.9 Å². The number of ether oxygens (including phenoxy) is 1. The molecule has 1 N–H and O–H groups in total. The molecule has 1 aliphatic carbocycles. The fraction of sp³-hybridized carbons (Fsp3) is 0.154. The minimum absolute atomic E-state index is 0.302. The normalized spacial score (nSPS) is 13.5. The standard InChI is InChI=1S/C26H21F3N6OS/c27-26(28,29)36-22-13-11-21(12-14-22)34-16-30-25(33-34)20-7-5-18(6-8-20)15-31-35(32-17-37)24-4-2-1-3-23(24)19-9-10-19/h1-8,11-17,19H,9-10H2,(H,32,37)/b31-15+. The molecule has 3 aromatic carbocycles. The minimum atomic E-state index is -4.74. The van der Waals surface area contributed by atoms with Crippen LogP contribution in [-0.2, 0) is 0 Å². The Bertz CT molecular complexity index is 1400. The molecule has 11 heteroatoms. The zero-order valence-corrected chi connectivity index (χ0v) is 20.2. The van der Waals surface area contributed by atoms with Gasteiger partial charge in [0.15, 0.2) is 5.82 Å². The number of alkyl halides is 3. The number of halogens is 3. The van der Waals surface area contributed by atoms with Crippen molar-refractivity contribution in [1.29, 1.82) is 0 Å². The van der Waals surface area contributed by atoms with Crippen molar-refractivity contribution in [3.63, 3.8) is 0 Å². The Morgan fingerprint density at radius 3 is 2.43 bits per heavy atom. The lowest BCUT2D eigenvalue weighted by atomic mass is 10.1. The van der Waals surface area contributed by atoms with Gasteiger partial charge in [-0.15, -0.1) is 18.3 Å². The summed E-state index contributed by atoms with van der Waals surface area (Å²) in [5.41, 5.74) is 8.82. The highest BCUT2D eigenvalue weighted by Crippen LogP contribution is 2.44. The molecule has 4 aromatic rings. The highest BCUT2D eigenvalue weighted by atomic mass is 32.1. The van der Waals surface area contributed by atoms with Gasteiger partial charge in [0.25, 0.3) is 0 Å². The predicted molar refractivity (Wildman–Crippen MR) is 139 cm³/mol. The second-order valence-electron chi connectivity index (χ2n) is 8.31. The lowest BCUT2D eigenvalue weighted by molar-refractivity contribution is -0.274. The van der Waals surface area contributed by atoms with Crippen LogP contribution in [-0.4, -0.2) is 32.8 Å². The molecule has 1 aromatic heterocycles. The second kappa shape index (κ2) is 10.4. The molecule has 1 heterocycles. The van der Waals surface area contributed by atoms with Gasteiger partial charge in [-0.3, -0.25) is 5.43 Å². The van der Waals surface area contributed by atoms with Crippen LogP contribution in [0.25, 0.3) is 17.1 Å². The fourth-order valence-electron chi connectivity index (χ4n) is 3.80. The van der Waals surface area contributed by atoms with Gasteiger partial charge >= 0.3 is 6.36 Å². The van der Waals surface area contributed by atoms with Gasteiger partial charge in [0, 0.05) is 5.56 Å². The van der Waals surface area contributed by atoms with E-state index in [1.807, 2.05) is 42.5 Å². The Balaban J connectivity index is 1.29. The number of rotatable bonds is 9. The number of hydrogen-bond acceptors (Lipinski definition) is 6. The zero-order valence-electron chi connectivity index (χ0n) is 19.3. The highest BCUT2D eigenvalue weighted by Gasteiger charge is 2.31. The summed E-state index contributed by atoms with van der Waals surface area (Å²) in [6.45, 7) is 0. The largest absolute Gasteiger partial charge is 0.573 e. The minimum Gasteiger partial charge on any atom is -0.406 e. The summed E-state index contributed by atoms with van der Waals surface area (Å²) in [6, 6.07) is 21.1. The number of aromatic nitrogens is 3. The average molecular weight is 523 g/mol. The van der Waals surface area contributed by atoms with Crippen LogP contribution in [0, 0.1) is 0 Å². The quantitative estimate of drug-likeness (QED) is 0.165. The third kappa shape index (κ3) is 6.12. The number of hydrazone groups is 1. The van der Waals surface area contributed by atoms with Gasteiger partial charge in [-0.1, -0.05) is 54.7 Å². The number of para-hydroxylation sites is 1. The van der Waals surface area contributed by atoms with E-state index in [0.29, 0.717) is 17.4 Å². The molecule has 0 bridgehead atoms. The average Bonchev–Trinajstić information content (AvgIpc) is 3.62. The molecule has 188 valence electrons. The van der Waals surface area contributed by atoms with Crippen LogP contribution in [0.15, 0.2) is 84.2 Å². The first kappa shape index (κ1) is 24.4. The van der Waals surface area contributed by atoms with Crippen LogP contribution in [0.3, 0.4) is 0 Å². The number of anilines is 1. The van der Waals surface area contributed by atoms with Crippen molar-refractivity contribution in [2.24, 2.45) is 5.10 Å². The van der Waals surface area contributed by atoms with E-state index in [-0.39, 0.29) is 5.75 Å². The van der Waals surface area contributed by atoms with E-state index < -0.39 is 6.36 Å². The molecule has 7 nitrogen and oxygen atoms in total. The van der Waals surface area contributed by atoms with Crippen molar-refractivity contribution in [3.8, 4) is 22.8 Å². The smallest absolute Gasteiger partial charge is 0.406 e. The lowest BCUT2D eigenvalue weighted by Crippen LogP contribution is -2.32. The lowest BCUT2D eigenvalue weighted by Gasteiger charge is -2.21. The third-order valence-electron chi connectivity index (χ3n) is 5.67. The van der Waals surface area contributed by atoms with Crippen molar-refractivity contribution in [1.82, 2.24) is 20.2 Å². The monoisotopic (exact) mass is 522 g/mol. The van der Waals surface area contributed by atoms with Crippen molar-refractivity contribution in [2.45, 2.75) is 25.1 Å². The molecule has 0 radical (unpaired) electrons. The van der Waals surface area contributed by atoms with E-state index >= 15 is 0 Å². The molecule has 5 rings (SSSR count). The maximum atomic E-state index is 12.4. The molecule has 37 heavy (non-hydrogen) atoms. The van der Waals surface area contributed by atoms with Crippen LogP contribution in [0.2, 0.25) is 0 Å². The molecular weight excluding hydrogens is 501 g/mol. The summed E-state index contributed by atoms with van der Waals surface area (Å²) < 4.78 is 42.5. The van der Waals surface area contributed by atoms with E-state index in [9.17, 15) is 13.2 Å². The number of hydrazine groups is 1. The Morgan fingerprint density at radius 2 is 1.76 bits per heavy atom. The van der Waals surface area contributed by atoms with Crippen LogP contribution >= 0.6 is 12.2 Å². The second-order valence-corrected chi connectivity index (χ2v) is 8.55. The third-order valence-corrected chi connectivity index (χ3v) is 5.78. The molecule has 1 saturated carbocycles. The summed E-state index contributed by atoms with van der Waals surface area (Å²) >= 11 is 5.00. The van der Waals surface area contributed by atoms with Crippen molar-refractivity contribution >= 4 is 29.6 Å². The summed E-state index contributed by atoms with van der Waals surface area (Å²) in [4.78, 5) is 4.32. The van der Waals surface area contributed by atoms with Gasteiger partial charge in [-0.2, -0.15) is 10.2 Å². The number of nitrogens with one attached hydrogen (secondary N) is 1. The molecule has 0 aliphatic heterocycles. The number of hydrogen-bond donors (Lipinski definition) is 1. The van der Waals surface area contributed by atoms with Crippen molar-refractivity contribution < 1.29 is 17.9 Å². The molecule has 0 spiro atoms. The topological polar surface area (TPSA) is 67.6 Å². The molecule has 1 aliphatic rings. The number of thiocarbonyl (C=S) groups is 1. The van der Waals surface area contributed by atoms with Gasteiger partial charge < -0.3 is 4.74 Å². The van der Waals surface area contributed by atoms with Crippen LogP contribution in [0.5, 0.6) is 5.75 Å². The summed E-state index contributed by atoms with van der Waals surface area (Å²) in [5.74, 6) is 0.726. The van der Waals surface area contributed by atoms with E-state index in [0.717, 1.165) is 16.8 Å². The highest BCUT2D eigenvalue weighted by molar-refractivity contribution is 7.78. The number of nitrogens with zero attached hydrogens (tertiary/aromatic N) is 5. The summed E-state index contributed by atoms with van der Waals surface area (Å²) in [6.07, 6.45) is 0.843. The van der Waals surface area contributed by atoms with Crippen LogP contribution < -0.4 is 15.3 Å². The van der Waals surface area contributed by atoms with Crippen molar-refractivity contribution in [3.05, 3.63) is 90.3 Å². The Labute approximate surface area is 216 Å². The van der Waals surface area contributed by atoms with E-state index in [2.05, 4.69) is 31.4 Å². The van der Waals surface area contributed by atoms with Gasteiger partial charge in [-0.25, -0.2) is 9.67 Å². The summed E-state index contributed by atoms with van der Waals surface area (Å²) in [7, 11) is 0. The van der Waals surface area contributed by atoms with Gasteiger partial charge in [0.05, 0.1) is 23.1 Å². The first-order chi connectivity index (χ1) is 17.9.